The molecule has 6 aliphatic rings. The van der Waals surface area contributed by atoms with Crippen LogP contribution in [0.25, 0.3) is 0 Å². The third-order valence-corrected chi connectivity index (χ3v) is 14.1. The lowest BCUT2D eigenvalue weighted by atomic mass is 9.29. The van der Waals surface area contributed by atoms with Crippen LogP contribution in [0.1, 0.15) is 0 Å². The quantitative estimate of drug-likeness (QED) is 0.160. The van der Waals surface area contributed by atoms with Crippen molar-refractivity contribution in [1.82, 2.24) is 0 Å². The van der Waals surface area contributed by atoms with Crippen molar-refractivity contribution in [3.63, 3.8) is 0 Å². The first kappa shape index (κ1) is 31.5. The van der Waals surface area contributed by atoms with E-state index in [1.165, 1.54) is 118 Å². The molecule has 0 N–H and O–H groups in total. The predicted molar refractivity (Wildman–Crippen MR) is 245 cm³/mol. The van der Waals surface area contributed by atoms with Crippen molar-refractivity contribution in [2.45, 2.75) is 0 Å². The highest BCUT2D eigenvalue weighted by Gasteiger charge is 2.53. The molecule has 0 aliphatic carbocycles. The van der Waals surface area contributed by atoms with Crippen LogP contribution in [-0.2, 0) is 0 Å². The molecule has 0 bridgehead atoms. The number of hydrogen-bond acceptors (Lipinski definition) is 7. The predicted octanol–water partition coefficient (Wildman–Crippen LogP) is 6.68. The Labute approximate surface area is 334 Å². The second kappa shape index (κ2) is 10.6. The van der Waals surface area contributed by atoms with Crippen LogP contribution in [0.15, 0.2) is 127 Å². The van der Waals surface area contributed by atoms with Crippen LogP contribution in [-0.4, -0.2) is 55.7 Å². The molecular weight excluding hydrogens is 696 g/mol. The molecule has 7 nitrogen and oxygen atoms in total. The van der Waals surface area contributed by atoms with Gasteiger partial charge in [0.25, 0.3) is 13.4 Å². The Balaban J connectivity index is 1.27. The monoisotopic (exact) mass is 735 g/mol. The zero-order valence-corrected chi connectivity index (χ0v) is 32.9. The van der Waals surface area contributed by atoms with E-state index < -0.39 is 0 Å². The van der Waals surface area contributed by atoms with Gasteiger partial charge in [-0.1, -0.05) is 66.7 Å². The van der Waals surface area contributed by atoms with Crippen molar-refractivity contribution in [2.24, 2.45) is 0 Å². The summed E-state index contributed by atoms with van der Waals surface area (Å²) in [7, 11) is 13.6. The Kier molecular flexibility index (Phi) is 5.83. The van der Waals surface area contributed by atoms with Crippen LogP contribution in [0.4, 0.5) is 85.3 Å². The van der Waals surface area contributed by atoms with E-state index in [4.69, 9.17) is 0 Å². The zero-order chi connectivity index (χ0) is 38.2. The van der Waals surface area contributed by atoms with Crippen molar-refractivity contribution >= 4 is 132 Å². The van der Waals surface area contributed by atoms with Gasteiger partial charge in [-0.3, -0.25) is 0 Å². The number of hydrogen-bond donors (Lipinski definition) is 0. The van der Waals surface area contributed by atoms with Gasteiger partial charge in [0.2, 0.25) is 0 Å². The van der Waals surface area contributed by atoms with E-state index in [1.807, 2.05) is 0 Å². The summed E-state index contributed by atoms with van der Waals surface area (Å²) in [4.78, 5) is 17.4. The summed E-state index contributed by atoms with van der Waals surface area (Å²) in [5.41, 5.74) is 26.8. The molecular formula is C48H39B2N7. The van der Waals surface area contributed by atoms with E-state index >= 15 is 0 Å². The van der Waals surface area contributed by atoms with Crippen molar-refractivity contribution in [3.05, 3.63) is 127 Å². The lowest BCUT2D eigenvalue weighted by Crippen LogP contribution is -2.68. The molecule has 0 amide bonds. The first-order chi connectivity index (χ1) is 27.9. The average molecular weight is 736 g/mol. The highest BCUT2D eigenvalue weighted by molar-refractivity contribution is 7.05. The fourth-order valence-corrected chi connectivity index (χ4v) is 11.7. The average Bonchev–Trinajstić information content (AvgIpc) is 3.25. The van der Waals surface area contributed by atoms with Gasteiger partial charge in [0.05, 0.1) is 45.5 Å². The molecule has 9 heteroatoms. The summed E-state index contributed by atoms with van der Waals surface area (Å²) in [6, 6.07) is 47.8. The summed E-state index contributed by atoms with van der Waals surface area (Å²) in [6.45, 7) is 0.0133. The van der Waals surface area contributed by atoms with Crippen LogP contribution in [0.5, 0.6) is 0 Å². The van der Waals surface area contributed by atoms with Gasteiger partial charge in [-0.15, -0.1) is 0 Å². The standard InChI is InChI=1S/C48H39B2N7/c1-51-30-18-9-7-16-28(30)49-40-34(51)22-13-24-36(40)54(4)45-42-46(55(5)37-25-14-23-35-41(37)50(42)29-17-8-10-19-31(29)52(35)2)48-47(43(45)49)56(6)39-27-15-26-38-44(39)57(48)33-21-12-11-20-32(33)53(38)3/h7-27H,1-6H3. The van der Waals surface area contributed by atoms with Crippen LogP contribution in [0.2, 0.25) is 0 Å². The summed E-state index contributed by atoms with van der Waals surface area (Å²) in [5, 5.41) is 0. The van der Waals surface area contributed by atoms with Crippen molar-refractivity contribution in [3.8, 4) is 0 Å². The summed E-state index contributed by atoms with van der Waals surface area (Å²) < 4.78 is 0. The summed E-state index contributed by atoms with van der Waals surface area (Å²) >= 11 is 0. The maximum atomic E-state index is 2.63. The van der Waals surface area contributed by atoms with E-state index in [0.717, 1.165) is 0 Å². The van der Waals surface area contributed by atoms with Gasteiger partial charge >= 0.3 is 0 Å². The normalized spacial score (nSPS) is 15.6. The van der Waals surface area contributed by atoms with Gasteiger partial charge in [0, 0.05) is 82.1 Å². The molecule has 7 aromatic rings. The molecule has 6 heterocycles. The highest BCUT2D eigenvalue weighted by Crippen LogP contribution is 2.63. The third kappa shape index (κ3) is 3.54. The Bertz CT molecular complexity index is 2640. The second-order valence-electron chi connectivity index (χ2n) is 16.4. The van der Waals surface area contributed by atoms with Gasteiger partial charge in [0.1, 0.15) is 0 Å². The van der Waals surface area contributed by atoms with Crippen LogP contribution >= 0.6 is 0 Å². The van der Waals surface area contributed by atoms with Crippen molar-refractivity contribution in [1.29, 1.82) is 0 Å². The van der Waals surface area contributed by atoms with Crippen LogP contribution < -0.4 is 67.1 Å². The first-order valence-corrected chi connectivity index (χ1v) is 20.0. The minimum absolute atomic E-state index is 0.00666. The molecule has 0 spiro atoms. The maximum Gasteiger partial charge on any atom is 0.254 e. The van der Waals surface area contributed by atoms with E-state index in [2.05, 4.69) is 204 Å². The smallest absolute Gasteiger partial charge is 0.254 e. The van der Waals surface area contributed by atoms with Crippen molar-refractivity contribution < 1.29 is 0 Å². The molecule has 272 valence electrons. The topological polar surface area (TPSA) is 22.7 Å². The van der Waals surface area contributed by atoms with E-state index in [9.17, 15) is 0 Å². The number of para-hydroxylation sites is 5. The molecule has 0 atom stereocenters. The molecule has 7 aromatic carbocycles. The zero-order valence-electron chi connectivity index (χ0n) is 32.9. The Morgan fingerprint density at radius 2 is 0.614 bits per heavy atom. The Morgan fingerprint density at radius 3 is 1.14 bits per heavy atom. The Hall–Kier alpha value is -6.73. The van der Waals surface area contributed by atoms with E-state index in [-0.39, 0.29) is 13.4 Å². The lowest BCUT2D eigenvalue weighted by Gasteiger charge is -2.53. The minimum Gasteiger partial charge on any atom is -0.346 e. The Morgan fingerprint density at radius 1 is 0.263 bits per heavy atom. The molecule has 0 saturated heterocycles. The molecule has 0 unspecified atom stereocenters. The van der Waals surface area contributed by atoms with Gasteiger partial charge in [0.15, 0.2) is 0 Å². The van der Waals surface area contributed by atoms with Gasteiger partial charge in [-0.2, -0.15) is 0 Å². The number of benzene rings is 7. The summed E-state index contributed by atoms with van der Waals surface area (Å²) in [6.07, 6.45) is 0. The SMILES string of the molecule is CN1c2ccccc2B2c3c1cccc3N(C)c1c3c(c4c(c12)N(C)c1cccc2c1N4c1ccccc1N2C)N(C)c1cccc2c1B3c1ccccc1N2C. The summed E-state index contributed by atoms with van der Waals surface area (Å²) in [5.74, 6) is 0. The molecule has 6 aliphatic heterocycles. The number of fused-ring (bicyclic) bond motifs is 15. The van der Waals surface area contributed by atoms with Crippen molar-refractivity contribution in [2.75, 3.05) is 76.6 Å². The fraction of sp³-hybridized carbons (Fsp3) is 0.125. The number of nitrogens with zero attached hydrogens (tertiary/aromatic N) is 7. The van der Waals surface area contributed by atoms with Crippen LogP contribution in [0, 0.1) is 0 Å². The fourth-order valence-electron chi connectivity index (χ4n) is 11.7. The minimum atomic E-state index is 0.00666. The number of rotatable bonds is 0. The van der Waals surface area contributed by atoms with Gasteiger partial charge in [-0.05, 0) is 93.4 Å². The number of anilines is 15. The molecule has 0 saturated carbocycles. The third-order valence-electron chi connectivity index (χ3n) is 14.1. The second-order valence-corrected chi connectivity index (χ2v) is 16.4. The molecule has 0 fully saturated rings. The molecule has 0 radical (unpaired) electrons. The highest BCUT2D eigenvalue weighted by atomic mass is 15.3. The van der Waals surface area contributed by atoms with Crippen LogP contribution in [0.3, 0.4) is 0 Å². The molecule has 0 aromatic heterocycles. The maximum absolute atomic E-state index is 2.63. The largest absolute Gasteiger partial charge is 0.346 e. The van der Waals surface area contributed by atoms with E-state index in [1.54, 1.807) is 0 Å². The molecule has 13 rings (SSSR count). The van der Waals surface area contributed by atoms with Gasteiger partial charge < -0.3 is 34.3 Å². The lowest BCUT2D eigenvalue weighted by molar-refractivity contribution is 1.07. The first-order valence-electron chi connectivity index (χ1n) is 20.0. The van der Waals surface area contributed by atoms with Gasteiger partial charge in [-0.25, -0.2) is 0 Å². The molecule has 57 heavy (non-hydrogen) atoms. The van der Waals surface area contributed by atoms with E-state index in [0.29, 0.717) is 0 Å².